The number of para-hydroxylation sites is 1. The molecule has 3 rings (SSSR count). The first kappa shape index (κ1) is 19.5. The molecule has 28 heavy (non-hydrogen) atoms. The Labute approximate surface area is 170 Å². The quantitative estimate of drug-likeness (QED) is 0.470. The molecule has 0 radical (unpaired) electrons. The Balaban J connectivity index is 1.55. The predicted octanol–water partition coefficient (Wildman–Crippen LogP) is 4.65. The summed E-state index contributed by atoms with van der Waals surface area (Å²) in [5.74, 6) is 0.890. The summed E-state index contributed by atoms with van der Waals surface area (Å²) in [6.07, 6.45) is 1.36. The first-order chi connectivity index (χ1) is 13.6. The Hall–Kier alpha value is -3.27. The summed E-state index contributed by atoms with van der Waals surface area (Å²) >= 11 is 11.9. The molecule has 6 nitrogen and oxygen atoms in total. The summed E-state index contributed by atoms with van der Waals surface area (Å²) in [5, 5.41) is 13.7. The summed E-state index contributed by atoms with van der Waals surface area (Å²) in [6, 6.07) is 17.3. The van der Waals surface area contributed by atoms with Crippen LogP contribution in [0.5, 0.6) is 5.75 Å². The highest BCUT2D eigenvalue weighted by Crippen LogP contribution is 2.29. The molecule has 1 heterocycles. The number of rotatable bonds is 6. The number of nitrogens with one attached hydrogen (secondary N) is 1. The summed E-state index contributed by atoms with van der Waals surface area (Å²) in [5.41, 5.74) is 3.45. The maximum atomic E-state index is 11.8. The third-order valence-electron chi connectivity index (χ3n) is 3.58. The average Bonchev–Trinajstić information content (AvgIpc) is 3.17. The van der Waals surface area contributed by atoms with E-state index in [1.165, 1.54) is 6.21 Å². The topological polar surface area (TPSA) is 87.6 Å². The number of nitriles is 1. The second-order valence-electron chi connectivity index (χ2n) is 5.52. The van der Waals surface area contributed by atoms with Gasteiger partial charge in [0.2, 0.25) is 0 Å². The molecular formula is C20H13Cl2N3O3. The van der Waals surface area contributed by atoms with E-state index < -0.39 is 5.91 Å². The molecule has 0 atom stereocenters. The number of furan rings is 1. The monoisotopic (exact) mass is 413 g/mol. The smallest absolute Gasteiger partial charge is 0.277 e. The Bertz CT molecular complexity index is 1070. The molecule has 1 N–H and O–H groups in total. The molecule has 1 aromatic heterocycles. The van der Waals surface area contributed by atoms with Crippen molar-refractivity contribution in [1.29, 1.82) is 5.26 Å². The van der Waals surface area contributed by atoms with Crippen LogP contribution in [0.2, 0.25) is 10.0 Å². The number of hydrogen-bond acceptors (Lipinski definition) is 5. The largest absolute Gasteiger partial charge is 0.482 e. The van der Waals surface area contributed by atoms with Crippen molar-refractivity contribution in [2.45, 2.75) is 0 Å². The fraction of sp³-hybridized carbons (Fsp3) is 0.0500. The van der Waals surface area contributed by atoms with E-state index in [1.54, 1.807) is 54.6 Å². The lowest BCUT2D eigenvalue weighted by Crippen LogP contribution is -2.24. The van der Waals surface area contributed by atoms with E-state index in [0.29, 0.717) is 32.9 Å². The normalized spacial score (nSPS) is 10.6. The minimum absolute atomic E-state index is 0.275. The van der Waals surface area contributed by atoms with E-state index in [2.05, 4.69) is 10.5 Å². The third-order valence-corrected chi connectivity index (χ3v) is 4.32. The van der Waals surface area contributed by atoms with Crippen molar-refractivity contribution >= 4 is 35.3 Å². The van der Waals surface area contributed by atoms with Crippen LogP contribution in [0.1, 0.15) is 11.3 Å². The van der Waals surface area contributed by atoms with Crippen molar-refractivity contribution in [2.24, 2.45) is 5.10 Å². The molecule has 8 heteroatoms. The summed E-state index contributed by atoms with van der Waals surface area (Å²) < 4.78 is 11.0. The number of ether oxygens (including phenoxy) is 1. The van der Waals surface area contributed by atoms with Gasteiger partial charge in [0.15, 0.2) is 6.61 Å². The Morgan fingerprint density at radius 2 is 2.00 bits per heavy atom. The minimum atomic E-state index is -0.472. The minimum Gasteiger partial charge on any atom is -0.482 e. The zero-order valence-corrected chi connectivity index (χ0v) is 15.9. The van der Waals surface area contributed by atoms with Crippen LogP contribution < -0.4 is 10.2 Å². The molecule has 0 aliphatic heterocycles. The standard InChI is InChI=1S/C20H13Cl2N3O3/c21-16-7-5-13(9-17(16)22)19-8-6-15(28-19)11-24-25-20(26)12-27-18-4-2-1-3-14(18)10-23/h1-9,11H,12H2,(H,25,26)/b24-11-. The van der Waals surface area contributed by atoms with Gasteiger partial charge in [-0.3, -0.25) is 4.79 Å². The van der Waals surface area contributed by atoms with Crippen LogP contribution in [-0.4, -0.2) is 18.7 Å². The van der Waals surface area contributed by atoms with E-state index >= 15 is 0 Å². The predicted molar refractivity (Wildman–Crippen MR) is 107 cm³/mol. The number of nitrogens with zero attached hydrogens (tertiary/aromatic N) is 2. The van der Waals surface area contributed by atoms with E-state index in [1.807, 2.05) is 6.07 Å². The summed E-state index contributed by atoms with van der Waals surface area (Å²) in [7, 11) is 0. The Morgan fingerprint density at radius 3 is 2.79 bits per heavy atom. The van der Waals surface area contributed by atoms with E-state index in [4.69, 9.17) is 37.6 Å². The van der Waals surface area contributed by atoms with E-state index in [-0.39, 0.29) is 6.61 Å². The number of benzene rings is 2. The van der Waals surface area contributed by atoms with Crippen molar-refractivity contribution in [1.82, 2.24) is 5.43 Å². The highest BCUT2D eigenvalue weighted by molar-refractivity contribution is 6.42. The second-order valence-corrected chi connectivity index (χ2v) is 6.34. The second kappa shape index (κ2) is 9.09. The number of carbonyl (C=O) groups is 1. The molecule has 2 aromatic carbocycles. The van der Waals surface area contributed by atoms with Gasteiger partial charge in [-0.2, -0.15) is 10.4 Å². The van der Waals surface area contributed by atoms with Crippen LogP contribution in [0.15, 0.2) is 64.1 Å². The molecule has 0 saturated carbocycles. The lowest BCUT2D eigenvalue weighted by Gasteiger charge is -2.05. The number of hydrazone groups is 1. The first-order valence-electron chi connectivity index (χ1n) is 8.06. The van der Waals surface area contributed by atoms with Gasteiger partial charge in [-0.1, -0.05) is 35.3 Å². The van der Waals surface area contributed by atoms with Crippen LogP contribution in [-0.2, 0) is 4.79 Å². The zero-order chi connectivity index (χ0) is 19.9. The van der Waals surface area contributed by atoms with Crippen LogP contribution in [0.4, 0.5) is 0 Å². The van der Waals surface area contributed by atoms with Crippen LogP contribution in [0, 0.1) is 11.3 Å². The summed E-state index contributed by atoms with van der Waals surface area (Å²) in [4.78, 5) is 11.8. The van der Waals surface area contributed by atoms with Gasteiger partial charge in [-0.15, -0.1) is 0 Å². The Kier molecular flexibility index (Phi) is 6.33. The number of hydrogen-bond donors (Lipinski definition) is 1. The lowest BCUT2D eigenvalue weighted by atomic mass is 10.2. The number of carbonyl (C=O) groups excluding carboxylic acids is 1. The Morgan fingerprint density at radius 1 is 1.18 bits per heavy atom. The van der Waals surface area contributed by atoms with Crippen molar-refractivity contribution in [3.63, 3.8) is 0 Å². The first-order valence-corrected chi connectivity index (χ1v) is 8.81. The molecule has 0 aliphatic rings. The number of amides is 1. The molecule has 0 fully saturated rings. The highest BCUT2D eigenvalue weighted by atomic mass is 35.5. The number of halogens is 2. The zero-order valence-electron chi connectivity index (χ0n) is 14.4. The maximum Gasteiger partial charge on any atom is 0.277 e. The van der Waals surface area contributed by atoms with Gasteiger partial charge in [0, 0.05) is 5.56 Å². The highest BCUT2D eigenvalue weighted by Gasteiger charge is 2.07. The van der Waals surface area contributed by atoms with E-state index in [9.17, 15) is 4.79 Å². The molecular weight excluding hydrogens is 401 g/mol. The van der Waals surface area contributed by atoms with Gasteiger partial charge < -0.3 is 9.15 Å². The molecule has 0 bridgehead atoms. The SMILES string of the molecule is N#Cc1ccccc1OCC(=O)N/N=C\c1ccc(-c2ccc(Cl)c(Cl)c2)o1. The molecule has 0 aliphatic carbocycles. The van der Waals surface area contributed by atoms with Crippen molar-refractivity contribution in [2.75, 3.05) is 6.61 Å². The average molecular weight is 414 g/mol. The molecule has 1 amide bonds. The molecule has 0 unspecified atom stereocenters. The lowest BCUT2D eigenvalue weighted by molar-refractivity contribution is -0.123. The van der Waals surface area contributed by atoms with Gasteiger partial charge in [-0.25, -0.2) is 5.43 Å². The molecule has 0 saturated heterocycles. The van der Waals surface area contributed by atoms with Crippen molar-refractivity contribution in [3.8, 4) is 23.1 Å². The van der Waals surface area contributed by atoms with E-state index in [0.717, 1.165) is 5.56 Å². The van der Waals surface area contributed by atoms with Gasteiger partial charge >= 0.3 is 0 Å². The van der Waals surface area contributed by atoms with Crippen LogP contribution in [0.3, 0.4) is 0 Å². The maximum absolute atomic E-state index is 11.8. The van der Waals surface area contributed by atoms with Crippen molar-refractivity contribution < 1.29 is 13.9 Å². The van der Waals surface area contributed by atoms with Gasteiger partial charge in [0.25, 0.3) is 5.91 Å². The fourth-order valence-electron chi connectivity index (χ4n) is 2.26. The fourth-order valence-corrected chi connectivity index (χ4v) is 2.55. The third kappa shape index (κ3) is 4.92. The summed E-state index contributed by atoms with van der Waals surface area (Å²) in [6.45, 7) is -0.275. The van der Waals surface area contributed by atoms with Crippen molar-refractivity contribution in [3.05, 3.63) is 76.0 Å². The van der Waals surface area contributed by atoms with Gasteiger partial charge in [0.05, 0.1) is 21.8 Å². The van der Waals surface area contributed by atoms with Crippen LogP contribution in [0.25, 0.3) is 11.3 Å². The van der Waals surface area contributed by atoms with Gasteiger partial charge in [0.1, 0.15) is 23.3 Å². The molecule has 3 aromatic rings. The van der Waals surface area contributed by atoms with Gasteiger partial charge in [-0.05, 0) is 42.5 Å². The molecule has 140 valence electrons. The molecule has 0 spiro atoms. The van der Waals surface area contributed by atoms with Crippen LogP contribution >= 0.6 is 23.2 Å².